The Bertz CT molecular complexity index is 806. The summed E-state index contributed by atoms with van der Waals surface area (Å²) < 4.78 is 13.3. The van der Waals surface area contributed by atoms with Crippen LogP contribution in [0.4, 0.5) is 14.9 Å². The van der Waals surface area contributed by atoms with Gasteiger partial charge in [-0.2, -0.15) is 0 Å². The Morgan fingerprint density at radius 2 is 2.04 bits per heavy atom. The first-order chi connectivity index (χ1) is 11.6. The van der Waals surface area contributed by atoms with Crippen LogP contribution < -0.4 is 10.6 Å². The molecule has 2 aliphatic carbocycles. The Hall–Kier alpha value is -2.40. The van der Waals surface area contributed by atoms with Crippen LogP contribution in [0.5, 0.6) is 0 Å². The van der Waals surface area contributed by atoms with Gasteiger partial charge in [-0.25, -0.2) is 9.18 Å². The lowest BCUT2D eigenvalue weighted by atomic mass is 10.1. The van der Waals surface area contributed by atoms with E-state index in [2.05, 4.69) is 10.6 Å². The number of hydrogen-bond acceptors (Lipinski definition) is 2. The summed E-state index contributed by atoms with van der Waals surface area (Å²) in [5, 5.41) is 15.7. The number of aryl methyl sites for hydroxylation is 1. The fraction of sp³-hybridized carbons (Fsp3) is 0.316. The molecule has 0 saturated heterocycles. The molecule has 0 bridgehead atoms. The second-order valence-electron chi connectivity index (χ2n) is 6.54. The molecule has 4 nitrogen and oxygen atoms in total. The van der Waals surface area contributed by atoms with Crippen LogP contribution in [-0.4, -0.2) is 17.2 Å². The van der Waals surface area contributed by atoms with Crippen molar-refractivity contribution in [1.82, 2.24) is 5.32 Å². The summed E-state index contributed by atoms with van der Waals surface area (Å²) in [6.45, 7) is 0. The van der Waals surface area contributed by atoms with Gasteiger partial charge in [0.25, 0.3) is 0 Å². The molecular formula is C19H19FN2O2. The number of halogens is 1. The zero-order valence-corrected chi connectivity index (χ0v) is 13.2. The molecule has 2 atom stereocenters. The molecule has 4 rings (SSSR count). The highest BCUT2D eigenvalue weighted by Crippen LogP contribution is 2.32. The third-order valence-electron chi connectivity index (χ3n) is 4.90. The summed E-state index contributed by atoms with van der Waals surface area (Å²) in [4.78, 5) is 12.4. The monoisotopic (exact) mass is 326 g/mol. The van der Waals surface area contributed by atoms with Crippen LogP contribution in [0.25, 0.3) is 0 Å². The first-order valence-corrected chi connectivity index (χ1v) is 8.25. The van der Waals surface area contributed by atoms with E-state index in [1.54, 1.807) is 12.1 Å². The van der Waals surface area contributed by atoms with Gasteiger partial charge in [-0.05, 0) is 59.7 Å². The lowest BCUT2D eigenvalue weighted by Gasteiger charge is -2.16. The summed E-state index contributed by atoms with van der Waals surface area (Å²) in [5.41, 5.74) is 4.79. The normalized spacial score (nSPS) is 21.2. The van der Waals surface area contributed by atoms with E-state index in [4.69, 9.17) is 0 Å². The minimum atomic E-state index is -0.373. The van der Waals surface area contributed by atoms with Crippen molar-refractivity contribution in [3.05, 3.63) is 64.5 Å². The van der Waals surface area contributed by atoms with Gasteiger partial charge in [0.1, 0.15) is 5.82 Å². The van der Waals surface area contributed by atoms with Crippen molar-refractivity contribution >= 4 is 11.7 Å². The summed E-state index contributed by atoms with van der Waals surface area (Å²) >= 11 is 0. The van der Waals surface area contributed by atoms with Gasteiger partial charge in [-0.1, -0.05) is 18.2 Å². The molecular weight excluding hydrogens is 307 g/mol. The smallest absolute Gasteiger partial charge is 0.319 e. The third kappa shape index (κ3) is 2.76. The predicted molar refractivity (Wildman–Crippen MR) is 89.5 cm³/mol. The summed E-state index contributed by atoms with van der Waals surface area (Å²) in [6.07, 6.45) is 2.37. The lowest BCUT2D eigenvalue weighted by Crippen LogP contribution is -2.31. The Balaban J connectivity index is 1.47. The first-order valence-electron chi connectivity index (χ1n) is 8.25. The first kappa shape index (κ1) is 15.1. The number of carbonyl (C=O) groups excluding carboxylic acids is 1. The highest BCUT2D eigenvalue weighted by molar-refractivity contribution is 5.90. The van der Waals surface area contributed by atoms with E-state index in [0.29, 0.717) is 12.8 Å². The number of aliphatic hydroxyl groups is 1. The minimum absolute atomic E-state index is 0.0945. The van der Waals surface area contributed by atoms with E-state index in [-0.39, 0.29) is 24.0 Å². The second-order valence-corrected chi connectivity index (χ2v) is 6.54. The molecule has 5 heteroatoms. The van der Waals surface area contributed by atoms with Gasteiger partial charge >= 0.3 is 6.03 Å². The molecule has 2 aliphatic rings. The number of carbonyl (C=O) groups is 1. The predicted octanol–water partition coefficient (Wildman–Crippen LogP) is 3.09. The standard InChI is InChI=1S/C19H19FN2O2/c20-13-5-6-15-12(8-13)4-7-18(15)22-19(24)21-17-3-1-2-11-9-14(23)10-16(11)17/h1-3,5-6,8,14,18,23H,4,7,9-10H2,(H2,21,22,24)/t14-,18-/m1/s1. The van der Waals surface area contributed by atoms with Gasteiger partial charge in [0, 0.05) is 12.1 Å². The molecule has 2 aromatic rings. The Labute approximate surface area is 139 Å². The SMILES string of the molecule is O=C(Nc1cccc2c1C[C@H](O)C2)N[C@@H]1CCc2cc(F)ccc21. The molecule has 2 amide bonds. The maximum absolute atomic E-state index is 13.3. The molecule has 0 fully saturated rings. The quantitative estimate of drug-likeness (QED) is 0.794. The zero-order valence-electron chi connectivity index (χ0n) is 13.2. The molecule has 0 heterocycles. The Morgan fingerprint density at radius 1 is 1.17 bits per heavy atom. The lowest BCUT2D eigenvalue weighted by molar-refractivity contribution is 0.187. The van der Waals surface area contributed by atoms with E-state index in [9.17, 15) is 14.3 Å². The van der Waals surface area contributed by atoms with Gasteiger partial charge < -0.3 is 15.7 Å². The number of rotatable bonds is 2. The van der Waals surface area contributed by atoms with E-state index in [1.807, 2.05) is 18.2 Å². The zero-order chi connectivity index (χ0) is 16.7. The summed E-state index contributed by atoms with van der Waals surface area (Å²) in [7, 11) is 0. The number of urea groups is 1. The van der Waals surface area contributed by atoms with Crippen LogP contribution in [0.2, 0.25) is 0 Å². The molecule has 0 spiro atoms. The van der Waals surface area contributed by atoms with Crippen molar-refractivity contribution in [2.45, 2.75) is 37.8 Å². The molecule has 124 valence electrons. The molecule has 0 unspecified atom stereocenters. The molecule has 3 N–H and O–H groups in total. The van der Waals surface area contributed by atoms with Crippen LogP contribution in [0, 0.1) is 5.82 Å². The van der Waals surface area contributed by atoms with Gasteiger partial charge in [0.05, 0.1) is 12.1 Å². The van der Waals surface area contributed by atoms with E-state index in [0.717, 1.165) is 40.8 Å². The van der Waals surface area contributed by atoms with Crippen LogP contribution in [0.3, 0.4) is 0 Å². The number of hydrogen-bond donors (Lipinski definition) is 3. The fourth-order valence-electron chi connectivity index (χ4n) is 3.80. The van der Waals surface area contributed by atoms with Crippen molar-refractivity contribution in [2.75, 3.05) is 5.32 Å². The molecule has 0 aliphatic heterocycles. The van der Waals surface area contributed by atoms with Gasteiger partial charge in [0.2, 0.25) is 0 Å². The fourth-order valence-corrected chi connectivity index (χ4v) is 3.80. The van der Waals surface area contributed by atoms with E-state index >= 15 is 0 Å². The molecule has 0 radical (unpaired) electrons. The van der Waals surface area contributed by atoms with Crippen molar-refractivity contribution in [2.24, 2.45) is 0 Å². The van der Waals surface area contributed by atoms with Crippen LogP contribution >= 0.6 is 0 Å². The van der Waals surface area contributed by atoms with Crippen LogP contribution in [0.15, 0.2) is 36.4 Å². The molecule has 24 heavy (non-hydrogen) atoms. The maximum atomic E-state index is 13.3. The summed E-state index contributed by atoms with van der Waals surface area (Å²) in [5.74, 6) is -0.239. The third-order valence-corrected chi connectivity index (χ3v) is 4.90. The Kier molecular flexibility index (Phi) is 3.73. The second kappa shape index (κ2) is 5.91. The van der Waals surface area contributed by atoms with Gasteiger partial charge in [-0.15, -0.1) is 0 Å². The topological polar surface area (TPSA) is 61.4 Å². The highest BCUT2D eigenvalue weighted by Gasteiger charge is 2.26. The van der Waals surface area contributed by atoms with E-state index in [1.165, 1.54) is 6.07 Å². The molecule has 0 saturated carbocycles. The maximum Gasteiger partial charge on any atom is 0.319 e. The number of anilines is 1. The van der Waals surface area contributed by atoms with Crippen molar-refractivity contribution in [1.29, 1.82) is 0 Å². The number of fused-ring (bicyclic) bond motifs is 2. The highest BCUT2D eigenvalue weighted by atomic mass is 19.1. The molecule has 0 aromatic heterocycles. The number of benzene rings is 2. The van der Waals surface area contributed by atoms with Crippen molar-refractivity contribution in [3.8, 4) is 0 Å². The number of amides is 2. The Morgan fingerprint density at radius 3 is 2.92 bits per heavy atom. The van der Waals surface area contributed by atoms with Gasteiger partial charge in [0.15, 0.2) is 0 Å². The van der Waals surface area contributed by atoms with Crippen molar-refractivity contribution < 1.29 is 14.3 Å². The summed E-state index contributed by atoms with van der Waals surface area (Å²) in [6, 6.07) is 10.1. The van der Waals surface area contributed by atoms with Gasteiger partial charge in [-0.3, -0.25) is 0 Å². The number of aliphatic hydroxyl groups excluding tert-OH is 1. The number of nitrogens with one attached hydrogen (secondary N) is 2. The van der Waals surface area contributed by atoms with Crippen molar-refractivity contribution in [3.63, 3.8) is 0 Å². The average molecular weight is 326 g/mol. The minimum Gasteiger partial charge on any atom is -0.392 e. The van der Waals surface area contributed by atoms with Crippen LogP contribution in [-0.2, 0) is 19.3 Å². The average Bonchev–Trinajstić information content (AvgIpc) is 3.10. The largest absolute Gasteiger partial charge is 0.392 e. The van der Waals surface area contributed by atoms with E-state index < -0.39 is 0 Å². The van der Waals surface area contributed by atoms with Crippen LogP contribution in [0.1, 0.15) is 34.7 Å². The molecule has 2 aromatic carbocycles.